The number of H-pyrrole nitrogens is 1. The number of aromatic nitrogens is 2. The molecule has 1 aliphatic rings. The van der Waals surface area contributed by atoms with Crippen LogP contribution in [0.4, 0.5) is 0 Å². The lowest BCUT2D eigenvalue weighted by Gasteiger charge is -2.34. The normalized spacial score (nSPS) is 19.6. The summed E-state index contributed by atoms with van der Waals surface area (Å²) in [6.45, 7) is 2.70. The number of aliphatic carboxylic acids is 1. The second-order valence-corrected chi connectivity index (χ2v) is 6.82. The molecular formula is C19H23N3O5. The molecule has 1 amide bonds. The van der Waals surface area contributed by atoms with Crippen molar-refractivity contribution < 1.29 is 24.2 Å². The molecule has 2 atom stereocenters. The van der Waals surface area contributed by atoms with E-state index >= 15 is 0 Å². The number of rotatable bonds is 5. The first-order valence-electron chi connectivity index (χ1n) is 8.72. The zero-order chi connectivity index (χ0) is 19.6. The first-order valence-corrected chi connectivity index (χ1v) is 8.72. The van der Waals surface area contributed by atoms with Crippen molar-refractivity contribution in [2.45, 2.75) is 13.3 Å². The monoisotopic (exact) mass is 373 g/mol. The van der Waals surface area contributed by atoms with E-state index in [9.17, 15) is 14.7 Å². The average Bonchev–Trinajstić information content (AvgIpc) is 3.16. The number of carboxylic acids is 1. The molecule has 8 heteroatoms. The Labute approximate surface area is 157 Å². The summed E-state index contributed by atoms with van der Waals surface area (Å²) in [6.07, 6.45) is 0.582. The van der Waals surface area contributed by atoms with Crippen molar-refractivity contribution >= 4 is 11.9 Å². The number of carboxylic acid groups (broad SMARTS) is 1. The van der Waals surface area contributed by atoms with Crippen molar-refractivity contribution in [1.82, 2.24) is 15.1 Å². The zero-order valence-electron chi connectivity index (χ0n) is 15.6. The molecule has 27 heavy (non-hydrogen) atoms. The third kappa shape index (κ3) is 3.89. The summed E-state index contributed by atoms with van der Waals surface area (Å²) < 4.78 is 10.5. The quantitative estimate of drug-likeness (QED) is 0.833. The number of hydrogen-bond acceptors (Lipinski definition) is 5. The number of carbonyl (C=O) groups excluding carboxylic acids is 1. The number of amides is 1. The lowest BCUT2D eigenvalue weighted by molar-refractivity contribution is -0.143. The molecule has 144 valence electrons. The topological polar surface area (TPSA) is 105 Å². The number of nitrogens with zero attached hydrogens (tertiary/aromatic N) is 2. The van der Waals surface area contributed by atoms with Crippen LogP contribution in [0.25, 0.3) is 11.3 Å². The number of ether oxygens (including phenoxy) is 2. The number of nitrogens with one attached hydrogen (secondary N) is 1. The standard InChI is InChI=1S/C19H23N3O5/c1-11-6-13(19(24)25)10-22(9-11)18(23)15-8-14(20-21-15)12-4-5-16(26-2)17(7-12)27-3/h4-5,7-8,11,13H,6,9-10H2,1-3H3,(H,20,21)(H,24,25). The number of carbonyl (C=O) groups is 2. The fraction of sp³-hybridized carbons (Fsp3) is 0.421. The van der Waals surface area contributed by atoms with Crippen molar-refractivity contribution in [2.75, 3.05) is 27.3 Å². The van der Waals surface area contributed by atoms with Crippen LogP contribution in [0.3, 0.4) is 0 Å². The molecule has 0 bridgehead atoms. The Morgan fingerprint density at radius 3 is 2.59 bits per heavy atom. The molecule has 1 aromatic carbocycles. The molecule has 1 aliphatic heterocycles. The summed E-state index contributed by atoms with van der Waals surface area (Å²) >= 11 is 0. The van der Waals surface area contributed by atoms with E-state index in [2.05, 4.69) is 10.2 Å². The first kappa shape index (κ1) is 18.8. The minimum Gasteiger partial charge on any atom is -0.493 e. The van der Waals surface area contributed by atoms with Crippen molar-refractivity contribution in [1.29, 1.82) is 0 Å². The molecule has 3 rings (SSSR count). The number of piperidine rings is 1. The second-order valence-electron chi connectivity index (χ2n) is 6.82. The largest absolute Gasteiger partial charge is 0.493 e. The highest BCUT2D eigenvalue weighted by Gasteiger charge is 2.32. The molecule has 1 saturated heterocycles. The van der Waals surface area contributed by atoms with Gasteiger partial charge in [-0.2, -0.15) is 5.10 Å². The second kappa shape index (κ2) is 7.69. The Balaban J connectivity index is 1.81. The van der Waals surface area contributed by atoms with E-state index in [-0.39, 0.29) is 18.4 Å². The van der Waals surface area contributed by atoms with Gasteiger partial charge >= 0.3 is 5.97 Å². The van der Waals surface area contributed by atoms with Crippen molar-refractivity contribution in [3.63, 3.8) is 0 Å². The third-order valence-electron chi connectivity index (χ3n) is 4.78. The molecule has 1 fully saturated rings. The van der Waals surface area contributed by atoms with Crippen LogP contribution in [-0.4, -0.2) is 59.4 Å². The molecule has 2 unspecified atom stereocenters. The Morgan fingerprint density at radius 1 is 1.19 bits per heavy atom. The van der Waals surface area contributed by atoms with Gasteiger partial charge in [-0.25, -0.2) is 0 Å². The van der Waals surface area contributed by atoms with E-state index in [1.807, 2.05) is 13.0 Å². The molecule has 0 aliphatic carbocycles. The van der Waals surface area contributed by atoms with E-state index in [0.29, 0.717) is 35.9 Å². The van der Waals surface area contributed by atoms with Gasteiger partial charge in [-0.15, -0.1) is 0 Å². The summed E-state index contributed by atoms with van der Waals surface area (Å²) in [4.78, 5) is 25.7. The first-order chi connectivity index (χ1) is 12.9. The molecule has 0 spiro atoms. The van der Waals surface area contributed by atoms with Crippen LogP contribution in [0.15, 0.2) is 24.3 Å². The highest BCUT2D eigenvalue weighted by molar-refractivity contribution is 5.93. The smallest absolute Gasteiger partial charge is 0.308 e. The maximum Gasteiger partial charge on any atom is 0.308 e. The number of methoxy groups -OCH3 is 2. The van der Waals surface area contributed by atoms with Gasteiger partial charge in [-0.05, 0) is 36.6 Å². The SMILES string of the molecule is COc1ccc(-c2cc(C(=O)N3CC(C)CC(C(=O)O)C3)[nH]n2)cc1OC. The fourth-order valence-electron chi connectivity index (χ4n) is 3.44. The molecule has 1 aromatic heterocycles. The number of hydrogen-bond donors (Lipinski definition) is 2. The van der Waals surface area contributed by atoms with Gasteiger partial charge in [0.25, 0.3) is 5.91 Å². The maximum atomic E-state index is 12.8. The molecule has 2 N–H and O–H groups in total. The number of benzene rings is 1. The predicted octanol–water partition coefficient (Wildman–Crippen LogP) is 2.28. The van der Waals surface area contributed by atoms with Crippen LogP contribution < -0.4 is 9.47 Å². The minimum atomic E-state index is -0.866. The van der Waals surface area contributed by atoms with E-state index in [1.54, 1.807) is 37.3 Å². The molecule has 2 heterocycles. The Morgan fingerprint density at radius 2 is 1.93 bits per heavy atom. The van der Waals surface area contributed by atoms with Gasteiger partial charge in [0.2, 0.25) is 0 Å². The van der Waals surface area contributed by atoms with Gasteiger partial charge in [0, 0.05) is 18.7 Å². The Hall–Kier alpha value is -3.03. The summed E-state index contributed by atoms with van der Waals surface area (Å²) in [5, 5.41) is 16.3. The molecule has 2 aromatic rings. The lowest BCUT2D eigenvalue weighted by atomic mass is 9.90. The summed E-state index contributed by atoms with van der Waals surface area (Å²) in [5.41, 5.74) is 1.70. The predicted molar refractivity (Wildman–Crippen MR) is 97.9 cm³/mol. The Kier molecular flexibility index (Phi) is 5.34. The van der Waals surface area contributed by atoms with E-state index in [4.69, 9.17) is 9.47 Å². The van der Waals surface area contributed by atoms with Crippen molar-refractivity contribution in [3.05, 3.63) is 30.0 Å². The van der Waals surface area contributed by atoms with Crippen LogP contribution in [0.1, 0.15) is 23.8 Å². The fourth-order valence-corrected chi connectivity index (χ4v) is 3.44. The molecule has 0 radical (unpaired) electrons. The van der Waals surface area contributed by atoms with Crippen LogP contribution in [0.2, 0.25) is 0 Å². The van der Waals surface area contributed by atoms with Gasteiger partial charge in [0.15, 0.2) is 11.5 Å². The van der Waals surface area contributed by atoms with E-state index < -0.39 is 11.9 Å². The van der Waals surface area contributed by atoms with Crippen molar-refractivity contribution in [3.8, 4) is 22.8 Å². The van der Waals surface area contributed by atoms with E-state index in [1.165, 1.54) is 0 Å². The average molecular weight is 373 g/mol. The van der Waals surface area contributed by atoms with Gasteiger partial charge in [0.05, 0.1) is 25.8 Å². The van der Waals surface area contributed by atoms with Crippen LogP contribution >= 0.6 is 0 Å². The number of likely N-dealkylation sites (tertiary alicyclic amines) is 1. The maximum absolute atomic E-state index is 12.8. The Bertz CT molecular complexity index is 848. The zero-order valence-corrected chi connectivity index (χ0v) is 15.6. The van der Waals surface area contributed by atoms with Crippen LogP contribution in [0.5, 0.6) is 11.5 Å². The summed E-state index contributed by atoms with van der Waals surface area (Å²) in [7, 11) is 3.12. The summed E-state index contributed by atoms with van der Waals surface area (Å²) in [5.74, 6) is -0.333. The van der Waals surface area contributed by atoms with Gasteiger partial charge in [-0.3, -0.25) is 14.7 Å². The highest BCUT2D eigenvalue weighted by Crippen LogP contribution is 2.32. The van der Waals surface area contributed by atoms with Gasteiger partial charge in [-0.1, -0.05) is 6.92 Å². The molecule has 0 saturated carbocycles. The molecule has 8 nitrogen and oxygen atoms in total. The van der Waals surface area contributed by atoms with Gasteiger partial charge < -0.3 is 19.5 Å². The number of aromatic amines is 1. The summed E-state index contributed by atoms with van der Waals surface area (Å²) in [6, 6.07) is 7.05. The van der Waals surface area contributed by atoms with E-state index in [0.717, 1.165) is 5.56 Å². The lowest BCUT2D eigenvalue weighted by Crippen LogP contribution is -2.45. The van der Waals surface area contributed by atoms with Crippen molar-refractivity contribution in [2.24, 2.45) is 11.8 Å². The molecular weight excluding hydrogens is 350 g/mol. The van der Waals surface area contributed by atoms with Crippen LogP contribution in [-0.2, 0) is 4.79 Å². The third-order valence-corrected chi connectivity index (χ3v) is 4.78. The highest BCUT2D eigenvalue weighted by atomic mass is 16.5. The minimum absolute atomic E-state index is 0.136. The van der Waals surface area contributed by atoms with Crippen LogP contribution in [0, 0.1) is 11.8 Å². The van der Waals surface area contributed by atoms with Gasteiger partial charge in [0.1, 0.15) is 5.69 Å².